The van der Waals surface area contributed by atoms with Crippen molar-refractivity contribution >= 4 is 40.3 Å². The topological polar surface area (TPSA) is 73.7 Å². The van der Waals surface area contributed by atoms with Gasteiger partial charge in [0.25, 0.3) is 0 Å². The van der Waals surface area contributed by atoms with Crippen LogP contribution in [0.3, 0.4) is 0 Å². The maximum Gasteiger partial charge on any atom is 0.410 e. The summed E-state index contributed by atoms with van der Waals surface area (Å²) in [6.07, 6.45) is -0.551. The van der Waals surface area contributed by atoms with Crippen LogP contribution in [-0.4, -0.2) is 45.4 Å². The highest BCUT2D eigenvalue weighted by atomic mass is 79.9. The van der Waals surface area contributed by atoms with Crippen molar-refractivity contribution in [2.24, 2.45) is 0 Å². The van der Waals surface area contributed by atoms with Crippen molar-refractivity contribution in [1.82, 2.24) is 14.1 Å². The summed E-state index contributed by atoms with van der Waals surface area (Å²) >= 11 is 2.98. The summed E-state index contributed by atoms with van der Waals surface area (Å²) in [7, 11) is 1.52. The number of rotatable bonds is 5. The number of hydrogen-bond acceptors (Lipinski definition) is 6. The molecule has 7 nitrogen and oxygen atoms in total. The molecule has 1 heterocycles. The summed E-state index contributed by atoms with van der Waals surface area (Å²) in [5.74, 6) is -0.705. The molecule has 0 saturated heterocycles. The first kappa shape index (κ1) is 23.7. The molecule has 25 heavy (non-hydrogen) atoms. The van der Waals surface area contributed by atoms with E-state index in [0.29, 0.717) is 5.69 Å². The highest BCUT2D eigenvalue weighted by molar-refractivity contribution is 9.10. The van der Waals surface area contributed by atoms with E-state index in [4.69, 9.17) is 9.47 Å². The largest absolute Gasteiger partial charge is 0.461 e. The first-order valence-corrected chi connectivity index (χ1v) is 9.25. The molecule has 1 aromatic heterocycles. The van der Waals surface area contributed by atoms with E-state index in [2.05, 4.69) is 21.0 Å². The molecular formula is C15H25BrFN3O4S. The van der Waals surface area contributed by atoms with Gasteiger partial charge in [0, 0.05) is 7.05 Å². The molecule has 0 N–H and O–H groups in total. The van der Waals surface area contributed by atoms with E-state index in [1.54, 1.807) is 27.7 Å². The summed E-state index contributed by atoms with van der Waals surface area (Å²) in [6, 6.07) is 0. The van der Waals surface area contributed by atoms with Gasteiger partial charge in [-0.2, -0.15) is 9.19 Å². The van der Waals surface area contributed by atoms with Gasteiger partial charge < -0.3 is 14.4 Å². The molecule has 1 amide bonds. The number of ether oxygens (including phenoxy) is 2. The van der Waals surface area contributed by atoms with Crippen LogP contribution in [0.15, 0.2) is 4.47 Å². The maximum atomic E-state index is 13.0. The zero-order valence-corrected chi connectivity index (χ0v) is 18.0. The van der Waals surface area contributed by atoms with Crippen molar-refractivity contribution in [2.75, 3.05) is 13.7 Å². The van der Waals surface area contributed by atoms with Crippen LogP contribution < -0.4 is 0 Å². The molecule has 0 atom stereocenters. The Hall–Kier alpha value is -1.29. The molecule has 0 aliphatic heterocycles. The van der Waals surface area contributed by atoms with Gasteiger partial charge in [-0.15, -0.1) is 3.89 Å². The molecule has 0 fully saturated rings. The van der Waals surface area contributed by atoms with Gasteiger partial charge >= 0.3 is 12.1 Å². The number of halogens is 2. The van der Waals surface area contributed by atoms with E-state index in [1.807, 2.05) is 13.8 Å². The van der Waals surface area contributed by atoms with Gasteiger partial charge in [-0.3, -0.25) is 0 Å². The number of nitrogens with zero attached hydrogens (tertiary/aromatic N) is 3. The van der Waals surface area contributed by atoms with Crippen LogP contribution in [0.2, 0.25) is 0 Å². The molecule has 10 heteroatoms. The van der Waals surface area contributed by atoms with Crippen molar-refractivity contribution < 1.29 is 22.9 Å². The summed E-state index contributed by atoms with van der Waals surface area (Å²) in [5.41, 5.74) is -0.384. The lowest BCUT2D eigenvalue weighted by molar-refractivity contribution is 0.0282. The van der Waals surface area contributed by atoms with Crippen LogP contribution in [0.1, 0.15) is 57.7 Å². The van der Waals surface area contributed by atoms with Crippen molar-refractivity contribution in [1.29, 1.82) is 0 Å². The van der Waals surface area contributed by atoms with Gasteiger partial charge in [0.1, 0.15) is 5.60 Å². The Bertz CT molecular complexity index is 590. The van der Waals surface area contributed by atoms with E-state index >= 15 is 0 Å². The first-order valence-electron chi connectivity index (χ1n) is 7.78. The second kappa shape index (κ2) is 10.6. The number of esters is 1. The molecule has 0 unspecified atom stereocenters. The van der Waals surface area contributed by atoms with E-state index in [1.165, 1.54) is 11.9 Å². The van der Waals surface area contributed by atoms with Gasteiger partial charge in [-0.05, 0) is 43.6 Å². The van der Waals surface area contributed by atoms with Crippen molar-refractivity contribution in [3.8, 4) is 0 Å². The Kier molecular flexibility index (Phi) is 10.1. The van der Waals surface area contributed by atoms with Gasteiger partial charge in [0.05, 0.1) is 23.3 Å². The predicted molar refractivity (Wildman–Crippen MR) is 99.0 cm³/mol. The third-order valence-corrected chi connectivity index (χ3v) is 3.72. The Morgan fingerprint density at radius 2 is 1.92 bits per heavy atom. The van der Waals surface area contributed by atoms with Crippen molar-refractivity contribution in [3.63, 3.8) is 0 Å². The zero-order chi connectivity index (χ0) is 19.8. The average molecular weight is 442 g/mol. The number of carbonyl (C=O) groups is 2. The molecule has 144 valence electrons. The molecule has 0 saturated carbocycles. The fourth-order valence-corrected chi connectivity index (χ4v) is 2.59. The van der Waals surface area contributed by atoms with Gasteiger partial charge in [0.2, 0.25) is 0 Å². The zero-order valence-electron chi connectivity index (χ0n) is 15.6. The second-order valence-corrected chi connectivity index (χ2v) is 6.88. The molecule has 0 aliphatic rings. The van der Waals surface area contributed by atoms with Crippen LogP contribution in [0.5, 0.6) is 0 Å². The molecule has 1 aromatic rings. The number of carbonyl (C=O) groups excluding carboxylic acids is 2. The van der Waals surface area contributed by atoms with Gasteiger partial charge in [-0.25, -0.2) is 9.59 Å². The van der Waals surface area contributed by atoms with Gasteiger partial charge in [0.15, 0.2) is 18.0 Å². The number of aromatic nitrogens is 2. The molecule has 0 bridgehead atoms. The summed E-state index contributed by atoms with van der Waals surface area (Å²) in [5, 5.41) is 3.96. The number of amides is 1. The minimum Gasteiger partial charge on any atom is -0.461 e. The molecular weight excluding hydrogens is 417 g/mol. The Morgan fingerprint density at radius 1 is 1.36 bits per heavy atom. The lowest BCUT2D eigenvalue weighted by atomic mass is 10.2. The molecule has 0 aromatic carbocycles. The fourth-order valence-electron chi connectivity index (χ4n) is 1.57. The SMILES string of the molecule is CC.CCOC(=O)c1c(Br)c(CN(C)C(=O)OC(C)(C)C)nn1SF. The lowest BCUT2D eigenvalue weighted by Gasteiger charge is -2.24. The highest BCUT2D eigenvalue weighted by Crippen LogP contribution is 2.27. The van der Waals surface area contributed by atoms with Crippen LogP contribution in [-0.2, 0) is 16.0 Å². The van der Waals surface area contributed by atoms with Crippen molar-refractivity contribution in [2.45, 2.75) is 53.7 Å². The second-order valence-electron chi connectivity index (χ2n) is 5.61. The van der Waals surface area contributed by atoms with Crippen LogP contribution in [0, 0.1) is 0 Å². The van der Waals surface area contributed by atoms with Gasteiger partial charge in [-0.1, -0.05) is 13.8 Å². The van der Waals surface area contributed by atoms with E-state index in [0.717, 1.165) is 4.09 Å². The third-order valence-electron chi connectivity index (χ3n) is 2.49. The summed E-state index contributed by atoms with van der Waals surface area (Å²) < 4.78 is 24.2. The monoisotopic (exact) mass is 441 g/mol. The molecule has 0 radical (unpaired) electrons. The quantitative estimate of drug-likeness (QED) is 0.621. The predicted octanol–water partition coefficient (Wildman–Crippen LogP) is 4.60. The fraction of sp³-hybridized carbons (Fsp3) is 0.667. The normalized spacial score (nSPS) is 10.6. The minimum absolute atomic E-state index is 0.0372. The van der Waals surface area contributed by atoms with E-state index < -0.39 is 17.7 Å². The Labute approximate surface area is 160 Å². The number of hydrogen-bond donors (Lipinski definition) is 0. The third kappa shape index (κ3) is 7.23. The maximum absolute atomic E-state index is 13.0. The van der Waals surface area contributed by atoms with Crippen LogP contribution in [0.25, 0.3) is 0 Å². The molecule has 0 aliphatic carbocycles. The standard InChI is InChI=1S/C13H19BrFN3O4S.C2H6/c1-6-21-11(19)10-9(14)8(16-18(10)23-15)7-17(5)12(20)22-13(2,3)4;1-2/h6-7H2,1-5H3;1-2H3. The van der Waals surface area contributed by atoms with Crippen LogP contribution in [0.4, 0.5) is 8.68 Å². The minimum atomic E-state index is -0.705. The van der Waals surface area contributed by atoms with E-state index in [9.17, 15) is 13.5 Å². The smallest absolute Gasteiger partial charge is 0.410 e. The van der Waals surface area contributed by atoms with Crippen LogP contribution >= 0.6 is 28.3 Å². The highest BCUT2D eigenvalue weighted by Gasteiger charge is 2.27. The lowest BCUT2D eigenvalue weighted by Crippen LogP contribution is -2.34. The first-order chi connectivity index (χ1) is 11.6. The van der Waals surface area contributed by atoms with E-state index in [-0.39, 0.29) is 35.7 Å². The average Bonchev–Trinajstić information content (AvgIpc) is 2.84. The Balaban J connectivity index is 0.00000277. The summed E-state index contributed by atoms with van der Waals surface area (Å²) in [6.45, 7) is 11.1. The summed E-state index contributed by atoms with van der Waals surface area (Å²) in [4.78, 5) is 25.1. The Morgan fingerprint density at radius 3 is 2.36 bits per heavy atom. The van der Waals surface area contributed by atoms with Crippen molar-refractivity contribution in [3.05, 3.63) is 15.9 Å². The molecule has 1 rings (SSSR count). The molecule has 0 spiro atoms.